The summed E-state index contributed by atoms with van der Waals surface area (Å²) in [5, 5.41) is 20.8. The van der Waals surface area contributed by atoms with Gasteiger partial charge in [-0.15, -0.1) is 12.4 Å². The largest absolute Gasteiger partial charge is 0.387 e. The van der Waals surface area contributed by atoms with Crippen LogP contribution in [0.3, 0.4) is 0 Å². The molecule has 24 heavy (non-hydrogen) atoms. The second-order valence-electron chi connectivity index (χ2n) is 5.29. The average molecular weight is 399 g/mol. The molecule has 1 aromatic rings. The van der Waals surface area contributed by atoms with Crippen molar-refractivity contribution < 1.29 is 14.8 Å². The molecule has 1 aliphatic rings. The Labute approximate surface area is 155 Å². The highest BCUT2D eigenvalue weighted by Gasteiger charge is 2.26. The minimum atomic E-state index is -1.05. The van der Waals surface area contributed by atoms with Crippen molar-refractivity contribution in [3.8, 4) is 0 Å². The fourth-order valence-corrected chi connectivity index (χ4v) is 2.73. The number of aliphatic hydroxyl groups is 1. The zero-order valence-corrected chi connectivity index (χ0v) is 15.0. The minimum Gasteiger partial charge on any atom is -0.387 e. The van der Waals surface area contributed by atoms with E-state index in [1.54, 1.807) is 17.0 Å². The number of carbonyl (C=O) groups is 1. The number of nitrogens with zero attached hydrogens (tertiary/aromatic N) is 3. The Balaban J connectivity index is 0.00000288. The Morgan fingerprint density at radius 2 is 1.75 bits per heavy atom. The highest BCUT2D eigenvalue weighted by Crippen LogP contribution is 2.19. The number of β-amino-alcohol motifs (C(OH)–C–C–N with tert-alkyl or cyclic N) is 1. The first-order valence-electron chi connectivity index (χ1n) is 7.10. The number of non-ortho nitro benzene ring substituents is 1. The molecule has 0 saturated carbocycles. The van der Waals surface area contributed by atoms with Crippen molar-refractivity contribution in [1.29, 1.82) is 0 Å². The van der Waals surface area contributed by atoms with Crippen molar-refractivity contribution in [2.45, 2.75) is 10.9 Å². The lowest BCUT2D eigenvalue weighted by Gasteiger charge is -2.35. The first kappa shape index (κ1) is 20.9. The van der Waals surface area contributed by atoms with Crippen molar-refractivity contribution in [3.05, 3.63) is 39.9 Å². The van der Waals surface area contributed by atoms with Gasteiger partial charge >= 0.3 is 0 Å². The predicted octanol–water partition coefficient (Wildman–Crippen LogP) is 2.00. The van der Waals surface area contributed by atoms with E-state index in [0.717, 1.165) is 0 Å². The number of piperazine rings is 1. The normalized spacial score (nSPS) is 16.6. The molecule has 1 saturated heterocycles. The summed E-state index contributed by atoms with van der Waals surface area (Å²) in [6.45, 7) is 2.61. The third kappa shape index (κ3) is 5.46. The van der Waals surface area contributed by atoms with Crippen LogP contribution >= 0.6 is 35.6 Å². The van der Waals surface area contributed by atoms with Crippen LogP contribution in [-0.2, 0) is 4.79 Å². The lowest BCUT2D eigenvalue weighted by molar-refractivity contribution is -0.384. The number of aliphatic hydroxyl groups excluding tert-OH is 1. The van der Waals surface area contributed by atoms with Crippen LogP contribution < -0.4 is 0 Å². The number of hydrogen-bond acceptors (Lipinski definition) is 5. The van der Waals surface area contributed by atoms with Gasteiger partial charge in [0.2, 0.25) is 0 Å². The molecule has 1 aliphatic heterocycles. The molecule has 0 aromatic heterocycles. The van der Waals surface area contributed by atoms with Crippen LogP contribution in [0.1, 0.15) is 11.7 Å². The summed E-state index contributed by atoms with van der Waals surface area (Å²) in [6.07, 6.45) is -0.744. The summed E-state index contributed by atoms with van der Waals surface area (Å²) in [5.74, 6) is -0.302. The van der Waals surface area contributed by atoms with Gasteiger partial charge in [0, 0.05) is 44.9 Å². The molecule has 0 radical (unpaired) electrons. The van der Waals surface area contributed by atoms with E-state index < -0.39 is 15.9 Å². The van der Waals surface area contributed by atoms with Gasteiger partial charge in [0.25, 0.3) is 11.6 Å². The van der Waals surface area contributed by atoms with Crippen LogP contribution in [0.15, 0.2) is 24.3 Å². The van der Waals surface area contributed by atoms with Gasteiger partial charge < -0.3 is 10.0 Å². The highest BCUT2D eigenvalue weighted by atomic mass is 35.5. The van der Waals surface area contributed by atoms with Gasteiger partial charge in [0.1, 0.15) is 0 Å². The van der Waals surface area contributed by atoms with Gasteiger partial charge in [0.05, 0.1) is 11.0 Å². The van der Waals surface area contributed by atoms with E-state index >= 15 is 0 Å². The van der Waals surface area contributed by atoms with Gasteiger partial charge in [-0.25, -0.2) is 0 Å². The second kappa shape index (κ2) is 9.39. The number of benzene rings is 1. The lowest BCUT2D eigenvalue weighted by atomic mass is 10.1. The maximum atomic E-state index is 11.7. The zero-order chi connectivity index (χ0) is 17.0. The van der Waals surface area contributed by atoms with Gasteiger partial charge in [-0.3, -0.25) is 19.8 Å². The maximum absolute atomic E-state index is 11.7. The van der Waals surface area contributed by atoms with Gasteiger partial charge in [-0.2, -0.15) is 0 Å². The van der Waals surface area contributed by atoms with Crippen LogP contribution in [-0.4, -0.2) is 63.3 Å². The topological polar surface area (TPSA) is 86.9 Å². The first-order chi connectivity index (χ1) is 10.9. The molecular formula is C14H18Cl3N3O4. The second-order valence-corrected chi connectivity index (χ2v) is 6.39. The average Bonchev–Trinajstić information content (AvgIpc) is 2.54. The molecule has 1 amide bonds. The molecule has 2 rings (SSSR count). The number of hydrogen-bond donors (Lipinski definition) is 1. The van der Waals surface area contributed by atoms with Crippen molar-refractivity contribution in [2.75, 3.05) is 32.7 Å². The Morgan fingerprint density at radius 3 is 2.21 bits per heavy atom. The van der Waals surface area contributed by atoms with Crippen LogP contribution in [0.4, 0.5) is 5.69 Å². The van der Waals surface area contributed by atoms with E-state index in [1.807, 2.05) is 4.90 Å². The van der Waals surface area contributed by atoms with E-state index in [1.165, 1.54) is 12.1 Å². The molecule has 1 atom stereocenters. The molecule has 7 nitrogen and oxygen atoms in total. The van der Waals surface area contributed by atoms with Gasteiger partial charge in [0.15, 0.2) is 4.84 Å². The third-order valence-corrected chi connectivity index (χ3v) is 4.16. The minimum absolute atomic E-state index is 0. The maximum Gasteiger partial charge on any atom is 0.269 e. The summed E-state index contributed by atoms with van der Waals surface area (Å²) in [4.78, 5) is 24.4. The molecule has 1 heterocycles. The molecule has 0 aliphatic carbocycles. The predicted molar refractivity (Wildman–Crippen MR) is 93.8 cm³/mol. The van der Waals surface area contributed by atoms with E-state index in [0.29, 0.717) is 38.3 Å². The monoisotopic (exact) mass is 397 g/mol. The number of carbonyl (C=O) groups excluding carboxylic acids is 1. The smallest absolute Gasteiger partial charge is 0.269 e. The molecule has 134 valence electrons. The highest BCUT2D eigenvalue weighted by molar-refractivity contribution is 6.53. The number of rotatable bonds is 5. The number of nitro benzene ring substituents is 1. The Morgan fingerprint density at radius 1 is 1.21 bits per heavy atom. The molecule has 1 aromatic carbocycles. The number of nitro groups is 1. The molecule has 1 unspecified atom stereocenters. The SMILES string of the molecule is Cl.O=C(C(Cl)Cl)N1CCN(CC(O)c2ccc([N+](=O)[O-])cc2)CC1. The molecular weight excluding hydrogens is 381 g/mol. The molecule has 1 fully saturated rings. The summed E-state index contributed by atoms with van der Waals surface area (Å²) in [6, 6.07) is 5.84. The van der Waals surface area contributed by atoms with Crippen molar-refractivity contribution in [3.63, 3.8) is 0 Å². The van der Waals surface area contributed by atoms with Crippen molar-refractivity contribution in [1.82, 2.24) is 9.80 Å². The summed E-state index contributed by atoms with van der Waals surface area (Å²) < 4.78 is 0. The zero-order valence-electron chi connectivity index (χ0n) is 12.7. The Bertz CT molecular complexity index is 563. The van der Waals surface area contributed by atoms with Crippen LogP contribution in [0.25, 0.3) is 0 Å². The molecule has 1 N–H and O–H groups in total. The quantitative estimate of drug-likeness (QED) is 0.466. The van der Waals surface area contributed by atoms with E-state index in [4.69, 9.17) is 23.2 Å². The standard InChI is InChI=1S/C14H17Cl2N3O4.ClH/c15-13(16)14(21)18-7-5-17(6-8-18)9-12(20)10-1-3-11(4-2-10)19(22)23;/h1-4,12-13,20H,5-9H2;1H. The van der Waals surface area contributed by atoms with Crippen molar-refractivity contribution in [2.24, 2.45) is 0 Å². The third-order valence-electron chi connectivity index (χ3n) is 3.79. The number of amides is 1. The fourth-order valence-electron chi connectivity index (χ4n) is 2.46. The number of alkyl halides is 2. The summed E-state index contributed by atoms with van der Waals surface area (Å²) in [5.41, 5.74) is 0.612. The molecule has 0 bridgehead atoms. The summed E-state index contributed by atoms with van der Waals surface area (Å²) >= 11 is 11.1. The van der Waals surface area contributed by atoms with Crippen molar-refractivity contribution >= 4 is 47.2 Å². The molecule has 10 heteroatoms. The van der Waals surface area contributed by atoms with Crippen LogP contribution in [0.2, 0.25) is 0 Å². The summed E-state index contributed by atoms with van der Waals surface area (Å²) in [7, 11) is 0. The Hall–Kier alpha value is -1.12. The fraction of sp³-hybridized carbons (Fsp3) is 0.500. The van der Waals surface area contributed by atoms with Crippen LogP contribution in [0, 0.1) is 10.1 Å². The van der Waals surface area contributed by atoms with Gasteiger partial charge in [-0.05, 0) is 17.7 Å². The van der Waals surface area contributed by atoms with E-state index in [2.05, 4.69) is 0 Å². The molecule has 0 spiro atoms. The Kier molecular flexibility index (Phi) is 8.18. The van der Waals surface area contributed by atoms with Gasteiger partial charge in [-0.1, -0.05) is 23.2 Å². The van der Waals surface area contributed by atoms with E-state index in [-0.39, 0.29) is 24.0 Å². The first-order valence-corrected chi connectivity index (χ1v) is 7.97. The van der Waals surface area contributed by atoms with Crippen LogP contribution in [0.5, 0.6) is 0 Å². The lowest BCUT2D eigenvalue weighted by Crippen LogP contribution is -2.50. The van der Waals surface area contributed by atoms with E-state index in [9.17, 15) is 20.0 Å². The number of halogens is 3.